The molecule has 0 fully saturated rings. The van der Waals surface area contributed by atoms with Crippen LogP contribution in [0.25, 0.3) is 0 Å². The van der Waals surface area contributed by atoms with Crippen LogP contribution in [-0.4, -0.2) is 40.1 Å². The van der Waals surface area contributed by atoms with E-state index in [0.717, 1.165) is 16.7 Å². The van der Waals surface area contributed by atoms with Crippen molar-refractivity contribution in [3.63, 3.8) is 0 Å². The van der Waals surface area contributed by atoms with Gasteiger partial charge in [0.15, 0.2) is 10.9 Å². The number of hydrazine groups is 1. The lowest BCUT2D eigenvalue weighted by atomic mass is 9.96. The van der Waals surface area contributed by atoms with E-state index in [1.165, 1.54) is 18.3 Å². The van der Waals surface area contributed by atoms with E-state index >= 15 is 0 Å². The van der Waals surface area contributed by atoms with Crippen LogP contribution < -0.4 is 21.5 Å². The number of carbonyl (C=O) groups is 2. The number of ether oxygens (including phenoxy) is 1. The molecule has 1 aromatic carbocycles. The van der Waals surface area contributed by atoms with E-state index in [1.807, 2.05) is 12.1 Å². The fourth-order valence-electron chi connectivity index (χ4n) is 4.02. The molecule has 1 atom stereocenters. The third-order valence-corrected chi connectivity index (χ3v) is 6.25. The number of nitrogens with one attached hydrogen (secondary N) is 4. The first-order valence-electron chi connectivity index (χ1n) is 11.5. The second kappa shape index (κ2) is 11.9. The molecule has 0 aliphatic heterocycles. The minimum absolute atomic E-state index is 0.149. The molecule has 2 heterocycles. The predicted molar refractivity (Wildman–Crippen MR) is 141 cm³/mol. The smallest absolute Gasteiger partial charge is 0.325 e. The molecule has 0 saturated carbocycles. The summed E-state index contributed by atoms with van der Waals surface area (Å²) in [5.41, 5.74) is 9.20. The Labute approximate surface area is 223 Å². The number of thiocarbonyl (C=S) groups is 1. The summed E-state index contributed by atoms with van der Waals surface area (Å²) in [5.74, 6) is -1.10. The van der Waals surface area contributed by atoms with Gasteiger partial charge in [-0.05, 0) is 66.9 Å². The Kier molecular flexibility index (Phi) is 8.47. The van der Waals surface area contributed by atoms with E-state index in [2.05, 4.69) is 31.5 Å². The lowest BCUT2D eigenvalue weighted by molar-refractivity contribution is -0.141. The Balaban J connectivity index is 1.43. The molecule has 37 heavy (non-hydrogen) atoms. The summed E-state index contributed by atoms with van der Waals surface area (Å²) in [6, 6.07) is 7.91. The summed E-state index contributed by atoms with van der Waals surface area (Å²) < 4.78 is 19.4. The molecule has 1 amide bonds. The summed E-state index contributed by atoms with van der Waals surface area (Å²) >= 11 is 11.8. The number of esters is 1. The number of fused-ring (bicyclic) bond motifs is 2. The average molecular weight is 543 g/mol. The number of aromatic nitrogens is 2. The van der Waals surface area contributed by atoms with Crippen LogP contribution in [0.1, 0.15) is 45.6 Å². The second-order valence-corrected chi connectivity index (χ2v) is 8.90. The summed E-state index contributed by atoms with van der Waals surface area (Å²) in [6.45, 7) is 1.63. The fraction of sp³-hybridized carbons (Fsp3) is 0.240. The average Bonchev–Trinajstić information content (AvgIpc) is 3.04. The van der Waals surface area contributed by atoms with Gasteiger partial charge >= 0.3 is 5.97 Å². The van der Waals surface area contributed by atoms with Gasteiger partial charge in [-0.3, -0.25) is 25.4 Å². The maximum absolute atomic E-state index is 14.6. The molecule has 0 saturated heterocycles. The summed E-state index contributed by atoms with van der Waals surface area (Å²) in [7, 11) is 0. The zero-order valence-corrected chi connectivity index (χ0v) is 21.4. The molecule has 3 aromatic rings. The number of carbonyl (C=O) groups excluding carboxylic acids is 2. The number of nitrogens with zero attached hydrogens (tertiary/aromatic N) is 2. The summed E-state index contributed by atoms with van der Waals surface area (Å²) in [6.07, 6.45) is 6.03. The normalized spacial score (nSPS) is 13.9. The highest BCUT2D eigenvalue weighted by Gasteiger charge is 2.26. The Morgan fingerprint density at radius 1 is 1.22 bits per heavy atom. The first kappa shape index (κ1) is 26.2. The quantitative estimate of drug-likeness (QED) is 0.203. The Morgan fingerprint density at radius 3 is 2.84 bits per heavy atom. The molecule has 4 N–H and O–H groups in total. The SMILES string of the molecule is CCOC(=O)CNC(=O)c1cnc(NNC(=S)NC2c3cnccc3CCc3c(F)cccc32)c(Cl)c1. The third kappa shape index (κ3) is 6.30. The molecule has 0 bridgehead atoms. The molecular weight excluding hydrogens is 519 g/mol. The minimum Gasteiger partial charge on any atom is -0.465 e. The molecule has 1 aliphatic rings. The number of aryl methyl sites for hydroxylation is 1. The minimum atomic E-state index is -0.546. The molecule has 12 heteroatoms. The predicted octanol–water partition coefficient (Wildman–Crippen LogP) is 3.24. The van der Waals surface area contributed by atoms with Gasteiger partial charge in [-0.1, -0.05) is 23.7 Å². The number of hydrogen-bond acceptors (Lipinski definition) is 7. The Hall–Kier alpha value is -3.83. The summed E-state index contributed by atoms with van der Waals surface area (Å²) in [5, 5.41) is 6.03. The Morgan fingerprint density at radius 2 is 2.05 bits per heavy atom. The van der Waals surface area contributed by atoms with Crippen molar-refractivity contribution in [2.75, 3.05) is 18.6 Å². The molecule has 4 rings (SSSR count). The molecule has 9 nitrogen and oxygen atoms in total. The topological polar surface area (TPSA) is 117 Å². The van der Waals surface area contributed by atoms with Crippen LogP contribution in [0.2, 0.25) is 5.02 Å². The van der Waals surface area contributed by atoms with Gasteiger partial charge in [0.05, 0.1) is 23.2 Å². The van der Waals surface area contributed by atoms with Crippen LogP contribution in [0.5, 0.6) is 0 Å². The first-order valence-corrected chi connectivity index (χ1v) is 12.3. The molecular formula is C25H24ClFN6O3S. The van der Waals surface area contributed by atoms with Gasteiger partial charge < -0.3 is 15.4 Å². The zero-order chi connectivity index (χ0) is 26.4. The van der Waals surface area contributed by atoms with Gasteiger partial charge in [0.2, 0.25) is 0 Å². The number of pyridine rings is 2. The van der Waals surface area contributed by atoms with Crippen molar-refractivity contribution in [3.8, 4) is 0 Å². The third-order valence-electron chi connectivity index (χ3n) is 5.74. The highest BCUT2D eigenvalue weighted by Crippen LogP contribution is 2.33. The van der Waals surface area contributed by atoms with Crippen LogP contribution in [0.4, 0.5) is 10.2 Å². The van der Waals surface area contributed by atoms with Crippen LogP contribution >= 0.6 is 23.8 Å². The van der Waals surface area contributed by atoms with Gasteiger partial charge in [-0.15, -0.1) is 0 Å². The number of benzene rings is 1. The van der Waals surface area contributed by atoms with Crippen LogP contribution in [0.3, 0.4) is 0 Å². The maximum Gasteiger partial charge on any atom is 0.325 e. The molecule has 2 aromatic heterocycles. The van der Waals surface area contributed by atoms with E-state index in [0.29, 0.717) is 18.4 Å². The first-order chi connectivity index (χ1) is 17.9. The van der Waals surface area contributed by atoms with Gasteiger partial charge in [0.1, 0.15) is 12.4 Å². The van der Waals surface area contributed by atoms with Crippen LogP contribution in [-0.2, 0) is 22.4 Å². The van der Waals surface area contributed by atoms with E-state index in [-0.39, 0.29) is 40.5 Å². The molecule has 0 spiro atoms. The van der Waals surface area contributed by atoms with Gasteiger partial charge in [-0.25, -0.2) is 9.37 Å². The lowest BCUT2D eigenvalue weighted by Gasteiger charge is -2.23. The standard InChI is InChI=1S/C25H24ClFN6O3S/c1-2-36-21(34)13-30-24(35)15-10-19(26)23(29-11-15)32-33-25(37)31-22-17-4-3-5-20(27)16(17)7-6-14-8-9-28-12-18(14)22/h3-5,8-12,22H,2,6-7,13H2,1H3,(H,29,32)(H,30,35)(H2,31,33,37). The van der Waals surface area contributed by atoms with Crippen molar-refractivity contribution in [3.05, 3.63) is 87.6 Å². The van der Waals surface area contributed by atoms with E-state index in [9.17, 15) is 14.0 Å². The van der Waals surface area contributed by atoms with Crippen molar-refractivity contribution in [1.82, 2.24) is 26.0 Å². The highest BCUT2D eigenvalue weighted by atomic mass is 35.5. The second-order valence-electron chi connectivity index (χ2n) is 8.08. The number of anilines is 1. The maximum atomic E-state index is 14.6. The highest BCUT2D eigenvalue weighted by molar-refractivity contribution is 7.80. The number of hydrogen-bond donors (Lipinski definition) is 4. The van der Waals surface area contributed by atoms with E-state index in [1.54, 1.807) is 25.4 Å². The van der Waals surface area contributed by atoms with Gasteiger partial charge in [0, 0.05) is 24.2 Å². The Bertz CT molecular complexity index is 1340. The van der Waals surface area contributed by atoms with Crippen molar-refractivity contribution < 1.29 is 18.7 Å². The van der Waals surface area contributed by atoms with E-state index in [4.69, 9.17) is 28.6 Å². The van der Waals surface area contributed by atoms with Gasteiger partial charge in [-0.2, -0.15) is 0 Å². The van der Waals surface area contributed by atoms with Crippen molar-refractivity contribution in [2.24, 2.45) is 0 Å². The van der Waals surface area contributed by atoms with Crippen molar-refractivity contribution in [2.45, 2.75) is 25.8 Å². The number of halogens is 2. The largest absolute Gasteiger partial charge is 0.465 e. The summed E-state index contributed by atoms with van der Waals surface area (Å²) in [4.78, 5) is 32.1. The molecule has 192 valence electrons. The zero-order valence-electron chi connectivity index (χ0n) is 19.8. The molecule has 0 radical (unpaired) electrons. The van der Waals surface area contributed by atoms with Crippen molar-refractivity contribution in [1.29, 1.82) is 0 Å². The number of rotatable bonds is 7. The van der Waals surface area contributed by atoms with Crippen LogP contribution in [0, 0.1) is 5.82 Å². The van der Waals surface area contributed by atoms with Crippen molar-refractivity contribution >= 4 is 46.6 Å². The van der Waals surface area contributed by atoms with Gasteiger partial charge in [0.25, 0.3) is 5.91 Å². The monoisotopic (exact) mass is 542 g/mol. The fourth-order valence-corrected chi connectivity index (χ4v) is 4.40. The number of amides is 1. The lowest BCUT2D eigenvalue weighted by Crippen LogP contribution is -2.41. The molecule has 1 unspecified atom stereocenters. The van der Waals surface area contributed by atoms with E-state index < -0.39 is 17.9 Å². The molecule has 1 aliphatic carbocycles. The van der Waals surface area contributed by atoms with Crippen LogP contribution in [0.15, 0.2) is 48.9 Å².